The van der Waals surface area contributed by atoms with Gasteiger partial charge in [-0.3, -0.25) is 4.79 Å². The van der Waals surface area contributed by atoms with E-state index in [1.54, 1.807) is 40.7 Å². The molecular formula is C18H19N3O4S2. The Bertz CT molecular complexity index is 824. The molecule has 1 atom stereocenters. The minimum Gasteiger partial charge on any atom is -0.444 e. The monoisotopic (exact) mass is 405 g/mol. The van der Waals surface area contributed by atoms with Crippen LogP contribution in [0.2, 0.25) is 0 Å². The van der Waals surface area contributed by atoms with Gasteiger partial charge in [0.25, 0.3) is 0 Å². The number of nitrogens with zero attached hydrogens (tertiary/aromatic N) is 1. The highest BCUT2D eigenvalue weighted by Crippen LogP contribution is 2.26. The molecule has 1 heterocycles. The molecule has 3 rings (SSSR count). The zero-order valence-corrected chi connectivity index (χ0v) is 16.0. The highest BCUT2D eigenvalue weighted by Gasteiger charge is 2.34. The average Bonchev–Trinajstić information content (AvgIpc) is 2.64. The zero-order valence-electron chi connectivity index (χ0n) is 14.4. The summed E-state index contributed by atoms with van der Waals surface area (Å²) in [7, 11) is 0. The van der Waals surface area contributed by atoms with Gasteiger partial charge in [0.2, 0.25) is 16.3 Å². The molecule has 2 aromatic carbocycles. The fraction of sp³-hybridized carbons (Fsp3) is 0.222. The highest BCUT2D eigenvalue weighted by molar-refractivity contribution is 8.14. The third-order valence-electron chi connectivity index (χ3n) is 3.85. The number of anilines is 1. The van der Waals surface area contributed by atoms with Gasteiger partial charge in [-0.25, -0.2) is 18.0 Å². The first-order valence-corrected chi connectivity index (χ1v) is 10.2. The van der Waals surface area contributed by atoms with E-state index in [4.69, 9.17) is 10.5 Å². The van der Waals surface area contributed by atoms with Crippen molar-refractivity contribution in [1.29, 1.82) is 0 Å². The molecule has 0 radical (unpaired) electrons. The molecule has 0 saturated carbocycles. The lowest BCUT2D eigenvalue weighted by Crippen LogP contribution is -2.53. The van der Waals surface area contributed by atoms with E-state index in [-0.39, 0.29) is 17.0 Å². The van der Waals surface area contributed by atoms with E-state index < -0.39 is 17.3 Å². The Kier molecular flexibility index (Phi) is 6.49. The Morgan fingerprint density at radius 1 is 1.15 bits per heavy atom. The van der Waals surface area contributed by atoms with Gasteiger partial charge in [0.1, 0.15) is 6.61 Å². The van der Waals surface area contributed by atoms with Crippen LogP contribution in [0.4, 0.5) is 10.5 Å². The fourth-order valence-corrected chi connectivity index (χ4v) is 4.57. The number of carbonyl (C=O) groups excluding carboxylic acids is 2. The van der Waals surface area contributed by atoms with Gasteiger partial charge < -0.3 is 10.5 Å². The Balaban J connectivity index is 1.36. The molecule has 0 bridgehead atoms. The molecule has 1 fully saturated rings. The van der Waals surface area contributed by atoms with Crippen molar-refractivity contribution in [1.82, 2.24) is 9.03 Å². The second-order valence-corrected chi connectivity index (χ2v) is 8.40. The number of amides is 1. The van der Waals surface area contributed by atoms with E-state index in [1.807, 2.05) is 18.2 Å². The summed E-state index contributed by atoms with van der Waals surface area (Å²) in [5.74, 6) is 0. The van der Waals surface area contributed by atoms with Crippen LogP contribution in [-0.2, 0) is 22.5 Å². The summed E-state index contributed by atoms with van der Waals surface area (Å²) in [6.07, 6.45) is -0.762. The largest absolute Gasteiger partial charge is 0.444 e. The van der Waals surface area contributed by atoms with Gasteiger partial charge in [-0.2, -0.15) is 0 Å². The predicted octanol–water partition coefficient (Wildman–Crippen LogP) is 2.33. The van der Waals surface area contributed by atoms with Gasteiger partial charge in [-0.05, 0) is 17.7 Å². The van der Waals surface area contributed by atoms with E-state index in [2.05, 4.69) is 4.72 Å². The number of nitrogens with two attached hydrogens (primary N) is 1. The average molecular weight is 406 g/mol. The maximum absolute atomic E-state index is 12.1. The Labute approximate surface area is 164 Å². The van der Waals surface area contributed by atoms with Crippen molar-refractivity contribution in [3.05, 3.63) is 65.7 Å². The standard InChI is InChI=1S/C18H19N3O4S2/c19-15-8-6-13(7-9-15)12-25-18(23)20-27(24)21-10-16(11-21)26-17(22)14-4-2-1-3-5-14/h1-9,16H,10-12,19H2,(H,20,23). The number of carbonyl (C=O) groups is 2. The normalized spacial score (nSPS) is 15.6. The van der Waals surface area contributed by atoms with Crippen LogP contribution in [0.3, 0.4) is 0 Å². The number of hydrogen-bond acceptors (Lipinski definition) is 6. The zero-order chi connectivity index (χ0) is 19.2. The Morgan fingerprint density at radius 2 is 1.81 bits per heavy atom. The van der Waals surface area contributed by atoms with Crippen LogP contribution in [-0.4, -0.2) is 38.1 Å². The first-order chi connectivity index (χ1) is 13.0. The number of hydrogen-bond donors (Lipinski definition) is 2. The summed E-state index contributed by atoms with van der Waals surface area (Å²) in [4.78, 5) is 23.9. The van der Waals surface area contributed by atoms with Crippen LogP contribution in [0, 0.1) is 0 Å². The van der Waals surface area contributed by atoms with E-state index >= 15 is 0 Å². The van der Waals surface area contributed by atoms with E-state index in [0.29, 0.717) is 24.3 Å². The van der Waals surface area contributed by atoms with Crippen molar-refractivity contribution < 1.29 is 18.5 Å². The summed E-state index contributed by atoms with van der Waals surface area (Å²) in [5.41, 5.74) is 7.64. The van der Waals surface area contributed by atoms with Crippen molar-refractivity contribution >= 4 is 39.8 Å². The van der Waals surface area contributed by atoms with E-state index in [1.165, 1.54) is 11.8 Å². The third-order valence-corrected chi connectivity index (χ3v) is 6.04. The van der Waals surface area contributed by atoms with Crippen molar-refractivity contribution in [2.45, 2.75) is 11.9 Å². The number of rotatable bonds is 6. The lowest BCUT2D eigenvalue weighted by atomic mass is 10.2. The summed E-state index contributed by atoms with van der Waals surface area (Å²) in [6, 6.07) is 15.9. The number of nitrogens with one attached hydrogen (secondary N) is 1. The van der Waals surface area contributed by atoms with Crippen LogP contribution < -0.4 is 10.5 Å². The molecule has 0 aromatic heterocycles. The second kappa shape index (κ2) is 9.03. The molecule has 2 aromatic rings. The lowest BCUT2D eigenvalue weighted by Gasteiger charge is -2.36. The minimum absolute atomic E-state index is 0.0121. The maximum atomic E-state index is 12.1. The van der Waals surface area contributed by atoms with Crippen molar-refractivity contribution in [2.75, 3.05) is 18.8 Å². The van der Waals surface area contributed by atoms with Crippen LogP contribution in [0.25, 0.3) is 0 Å². The van der Waals surface area contributed by atoms with Gasteiger partial charge in [-0.1, -0.05) is 54.2 Å². The highest BCUT2D eigenvalue weighted by atomic mass is 32.2. The smallest absolute Gasteiger partial charge is 0.420 e. The Morgan fingerprint density at radius 3 is 2.48 bits per heavy atom. The second-order valence-electron chi connectivity index (χ2n) is 5.91. The molecule has 9 heteroatoms. The fourth-order valence-electron chi connectivity index (χ4n) is 2.33. The molecule has 27 heavy (non-hydrogen) atoms. The number of benzene rings is 2. The van der Waals surface area contributed by atoms with Gasteiger partial charge >= 0.3 is 6.09 Å². The van der Waals surface area contributed by atoms with Crippen LogP contribution in [0.5, 0.6) is 0 Å². The molecule has 0 aliphatic carbocycles. The number of nitrogen functional groups attached to an aromatic ring is 1. The van der Waals surface area contributed by atoms with E-state index in [0.717, 1.165) is 5.56 Å². The molecule has 1 aliphatic heterocycles. The van der Waals surface area contributed by atoms with Crippen molar-refractivity contribution in [3.63, 3.8) is 0 Å². The van der Waals surface area contributed by atoms with Gasteiger partial charge in [-0.15, -0.1) is 0 Å². The van der Waals surface area contributed by atoms with Crippen LogP contribution in [0.15, 0.2) is 54.6 Å². The predicted molar refractivity (Wildman–Crippen MR) is 106 cm³/mol. The van der Waals surface area contributed by atoms with Crippen molar-refractivity contribution in [3.8, 4) is 0 Å². The van der Waals surface area contributed by atoms with Gasteiger partial charge in [0.15, 0.2) is 0 Å². The minimum atomic E-state index is -1.69. The van der Waals surface area contributed by atoms with Crippen LogP contribution in [0.1, 0.15) is 15.9 Å². The van der Waals surface area contributed by atoms with Gasteiger partial charge in [0.05, 0.1) is 0 Å². The number of thioether (sulfide) groups is 1. The molecule has 0 spiro atoms. The molecule has 142 valence electrons. The van der Waals surface area contributed by atoms with Gasteiger partial charge in [0, 0.05) is 29.6 Å². The lowest BCUT2D eigenvalue weighted by molar-refractivity contribution is 0.108. The molecule has 7 nitrogen and oxygen atoms in total. The van der Waals surface area contributed by atoms with Crippen LogP contribution >= 0.6 is 11.8 Å². The molecule has 1 saturated heterocycles. The third kappa shape index (κ3) is 5.56. The number of ether oxygens (including phenoxy) is 1. The summed E-state index contributed by atoms with van der Waals surface area (Å²) >= 11 is -0.466. The first kappa shape index (κ1) is 19.4. The molecule has 3 N–H and O–H groups in total. The summed E-state index contributed by atoms with van der Waals surface area (Å²) in [5, 5.41) is 0.0381. The van der Waals surface area contributed by atoms with Crippen molar-refractivity contribution in [2.24, 2.45) is 0 Å². The molecule has 1 aliphatic rings. The van der Waals surface area contributed by atoms with E-state index in [9.17, 15) is 13.8 Å². The first-order valence-electron chi connectivity index (χ1n) is 8.22. The summed E-state index contributed by atoms with van der Waals surface area (Å²) < 4.78 is 21.0. The molecule has 1 unspecified atom stereocenters. The Hall–Kier alpha value is -2.36. The molecular weight excluding hydrogens is 386 g/mol. The molecule has 1 amide bonds. The quantitative estimate of drug-likeness (QED) is 0.715. The maximum Gasteiger partial charge on any atom is 0.420 e. The SMILES string of the molecule is Nc1ccc(COC(=O)NS(=O)N2CC(SC(=O)c3ccccc3)C2)cc1. The summed E-state index contributed by atoms with van der Waals surface area (Å²) in [6.45, 7) is 0.968. The topological polar surface area (TPSA) is 102 Å².